The van der Waals surface area contributed by atoms with Gasteiger partial charge in [0.05, 0.1) is 16.8 Å². The van der Waals surface area contributed by atoms with Gasteiger partial charge in [-0.2, -0.15) is 5.10 Å². The molecule has 0 unspecified atom stereocenters. The number of aromatic hydroxyl groups is 1. The maximum atomic E-state index is 13.6. The molecule has 41 heavy (non-hydrogen) atoms. The van der Waals surface area contributed by atoms with Gasteiger partial charge < -0.3 is 10.4 Å². The lowest BCUT2D eigenvalue weighted by atomic mass is 10.1. The Kier molecular flexibility index (Phi) is 8.13. The Balaban J connectivity index is 1.42. The van der Waals surface area contributed by atoms with E-state index < -0.39 is 15.7 Å². The van der Waals surface area contributed by atoms with Gasteiger partial charge >= 0.3 is 0 Å². The quantitative estimate of drug-likeness (QED) is 0.178. The van der Waals surface area contributed by atoms with Crippen molar-refractivity contribution in [1.82, 2.24) is 15.5 Å². The van der Waals surface area contributed by atoms with Crippen molar-refractivity contribution >= 4 is 26.5 Å². The molecule has 0 aliphatic carbocycles. The highest BCUT2D eigenvalue weighted by atomic mass is 32.2. The number of nitrogens with zero attached hydrogens (tertiary/aromatic N) is 1. The zero-order valence-corrected chi connectivity index (χ0v) is 22.7. The summed E-state index contributed by atoms with van der Waals surface area (Å²) in [7, 11) is -3.89. The number of amides is 1. The van der Waals surface area contributed by atoms with E-state index in [1.807, 2.05) is 0 Å². The molecule has 5 aromatic rings. The molecule has 7 nitrogen and oxygen atoms in total. The van der Waals surface area contributed by atoms with Crippen LogP contribution in [-0.4, -0.2) is 36.2 Å². The number of rotatable bonds is 8. The molecule has 1 heterocycles. The number of H-pyrrole nitrogens is 1. The van der Waals surface area contributed by atoms with Crippen LogP contribution in [0.3, 0.4) is 0 Å². The van der Waals surface area contributed by atoms with Crippen LogP contribution in [0.2, 0.25) is 0 Å². The molecule has 206 valence electrons. The molecule has 9 heteroatoms. The summed E-state index contributed by atoms with van der Waals surface area (Å²) in [6.07, 6.45) is 4.99. The fraction of sp³-hybridized carbons (Fsp3) is 0.125. The lowest BCUT2D eigenvalue weighted by Gasteiger charge is -2.11. The number of phenols is 1. The van der Waals surface area contributed by atoms with Gasteiger partial charge in [-0.25, -0.2) is 12.8 Å². The molecule has 1 amide bonds. The maximum Gasteiger partial charge on any atom is 0.251 e. The molecular formula is C32H26FN3O4S. The van der Waals surface area contributed by atoms with Crippen LogP contribution in [0.4, 0.5) is 4.39 Å². The van der Waals surface area contributed by atoms with E-state index >= 15 is 0 Å². The number of fused-ring (bicyclic) bond motifs is 1. The van der Waals surface area contributed by atoms with Gasteiger partial charge in [0.25, 0.3) is 5.91 Å². The standard InChI is InChI=1S/C32H26FN3O4S/c33-28-12-7-22(8-13-28)6-10-26-18-27(32(38)34-16-2-3-24-19-35-36-20-24)11-15-31(26)41(39,40)21-23-9-14-29-25(17-23)4-1-5-30(29)37/h1,4-5,7-9,11-15,17-20,37H,2-3,16,21H2,(H,34,38)(H,35,36). The third-order valence-corrected chi connectivity index (χ3v) is 8.26. The number of phenolic OH excluding ortho intramolecular Hbond substituents is 1. The van der Waals surface area contributed by atoms with Crippen LogP contribution >= 0.6 is 0 Å². The minimum absolute atomic E-state index is 0.0142. The van der Waals surface area contributed by atoms with Crippen LogP contribution in [0.5, 0.6) is 5.75 Å². The van der Waals surface area contributed by atoms with Gasteiger partial charge in [-0.05, 0) is 84.0 Å². The average Bonchev–Trinajstić information content (AvgIpc) is 3.48. The number of hydrogen-bond acceptors (Lipinski definition) is 5. The Morgan fingerprint density at radius 2 is 1.80 bits per heavy atom. The summed E-state index contributed by atoms with van der Waals surface area (Å²) in [6, 6.07) is 20.0. The van der Waals surface area contributed by atoms with Crippen molar-refractivity contribution in [3.63, 3.8) is 0 Å². The molecule has 0 saturated heterocycles. The maximum absolute atomic E-state index is 13.6. The second-order valence-electron chi connectivity index (χ2n) is 9.53. The molecule has 5 rings (SSSR count). The second-order valence-corrected chi connectivity index (χ2v) is 11.5. The molecule has 0 radical (unpaired) electrons. The Labute approximate surface area is 237 Å². The number of aryl methyl sites for hydroxylation is 1. The summed E-state index contributed by atoms with van der Waals surface area (Å²) in [4.78, 5) is 12.9. The molecule has 0 bridgehead atoms. The average molecular weight is 568 g/mol. The minimum atomic E-state index is -3.89. The summed E-state index contributed by atoms with van der Waals surface area (Å²) >= 11 is 0. The van der Waals surface area contributed by atoms with E-state index in [-0.39, 0.29) is 33.4 Å². The number of aromatic nitrogens is 2. The largest absolute Gasteiger partial charge is 0.507 e. The van der Waals surface area contributed by atoms with E-state index in [9.17, 15) is 22.7 Å². The lowest BCUT2D eigenvalue weighted by molar-refractivity contribution is 0.0953. The van der Waals surface area contributed by atoms with E-state index in [1.165, 1.54) is 42.5 Å². The summed E-state index contributed by atoms with van der Waals surface area (Å²) in [5.74, 6) is 4.82. The third kappa shape index (κ3) is 6.80. The van der Waals surface area contributed by atoms with Crippen LogP contribution in [0.1, 0.15) is 39.0 Å². The smallest absolute Gasteiger partial charge is 0.251 e. The first kappa shape index (κ1) is 27.6. The summed E-state index contributed by atoms with van der Waals surface area (Å²) in [5.41, 5.74) is 2.52. The van der Waals surface area contributed by atoms with Crippen molar-refractivity contribution in [3.8, 4) is 17.6 Å². The second kappa shape index (κ2) is 12.1. The van der Waals surface area contributed by atoms with Gasteiger partial charge in [-0.15, -0.1) is 0 Å². The number of nitrogens with one attached hydrogen (secondary N) is 2. The monoisotopic (exact) mass is 567 g/mol. The fourth-order valence-electron chi connectivity index (χ4n) is 4.43. The molecule has 0 aliphatic heterocycles. The Bertz CT molecular complexity index is 1870. The highest BCUT2D eigenvalue weighted by Gasteiger charge is 2.21. The van der Waals surface area contributed by atoms with Gasteiger partial charge in [0.15, 0.2) is 9.84 Å². The SMILES string of the molecule is O=C(NCCCc1cn[nH]c1)c1ccc(S(=O)(=O)Cc2ccc3c(O)cccc3c2)c(C#Cc2ccc(F)cc2)c1. The van der Waals surface area contributed by atoms with E-state index in [2.05, 4.69) is 27.4 Å². The first-order chi connectivity index (χ1) is 19.8. The van der Waals surface area contributed by atoms with Crippen LogP contribution in [0.25, 0.3) is 10.8 Å². The number of benzene rings is 4. The van der Waals surface area contributed by atoms with Crippen molar-refractivity contribution in [1.29, 1.82) is 0 Å². The van der Waals surface area contributed by atoms with Gasteiger partial charge in [0, 0.05) is 34.8 Å². The van der Waals surface area contributed by atoms with E-state index in [1.54, 1.807) is 48.8 Å². The van der Waals surface area contributed by atoms with Gasteiger partial charge in [0.1, 0.15) is 11.6 Å². The highest BCUT2D eigenvalue weighted by molar-refractivity contribution is 7.90. The van der Waals surface area contributed by atoms with Crippen molar-refractivity contribution in [2.24, 2.45) is 0 Å². The molecule has 4 aromatic carbocycles. The molecular weight excluding hydrogens is 541 g/mol. The van der Waals surface area contributed by atoms with Crippen molar-refractivity contribution < 1.29 is 22.7 Å². The summed E-state index contributed by atoms with van der Waals surface area (Å²) in [6.45, 7) is 0.429. The molecule has 0 atom stereocenters. The number of aromatic amines is 1. The summed E-state index contributed by atoms with van der Waals surface area (Å²) in [5, 5.41) is 20.9. The number of hydrogen-bond donors (Lipinski definition) is 3. The molecule has 3 N–H and O–H groups in total. The molecule has 1 aromatic heterocycles. The predicted octanol–water partition coefficient (Wildman–Crippen LogP) is 5.14. The number of carbonyl (C=O) groups is 1. The third-order valence-electron chi connectivity index (χ3n) is 6.52. The minimum Gasteiger partial charge on any atom is -0.507 e. The Morgan fingerprint density at radius 3 is 2.59 bits per heavy atom. The highest BCUT2D eigenvalue weighted by Crippen LogP contribution is 2.27. The van der Waals surface area contributed by atoms with Crippen molar-refractivity contribution in [2.45, 2.75) is 23.5 Å². The van der Waals surface area contributed by atoms with E-state index in [0.29, 0.717) is 34.9 Å². The topological polar surface area (TPSA) is 112 Å². The van der Waals surface area contributed by atoms with Crippen LogP contribution in [-0.2, 0) is 22.0 Å². The van der Waals surface area contributed by atoms with Gasteiger partial charge in [-0.1, -0.05) is 36.1 Å². The van der Waals surface area contributed by atoms with Crippen LogP contribution in [0.15, 0.2) is 96.2 Å². The van der Waals surface area contributed by atoms with E-state index in [4.69, 9.17) is 0 Å². The Hall–Kier alpha value is -4.94. The first-order valence-corrected chi connectivity index (χ1v) is 14.5. The summed E-state index contributed by atoms with van der Waals surface area (Å²) < 4.78 is 40.6. The lowest BCUT2D eigenvalue weighted by Crippen LogP contribution is -2.25. The molecule has 0 spiro atoms. The molecule has 0 saturated carbocycles. The zero-order chi connectivity index (χ0) is 28.8. The number of carbonyl (C=O) groups excluding carboxylic acids is 1. The molecule has 0 fully saturated rings. The number of sulfone groups is 1. The van der Waals surface area contributed by atoms with Crippen molar-refractivity contribution in [2.75, 3.05) is 6.54 Å². The van der Waals surface area contributed by atoms with Gasteiger partial charge in [-0.3, -0.25) is 9.89 Å². The first-order valence-electron chi connectivity index (χ1n) is 12.9. The van der Waals surface area contributed by atoms with Crippen molar-refractivity contribution in [3.05, 3.63) is 125 Å². The molecule has 0 aliphatic rings. The normalized spacial score (nSPS) is 11.1. The fourth-order valence-corrected chi connectivity index (χ4v) is 5.92. The Morgan fingerprint density at radius 1 is 0.976 bits per heavy atom. The number of halogens is 1. The predicted molar refractivity (Wildman–Crippen MR) is 155 cm³/mol. The van der Waals surface area contributed by atoms with Crippen LogP contribution in [0, 0.1) is 17.7 Å². The van der Waals surface area contributed by atoms with Crippen LogP contribution < -0.4 is 5.32 Å². The zero-order valence-electron chi connectivity index (χ0n) is 21.9. The van der Waals surface area contributed by atoms with E-state index in [0.717, 1.165) is 12.0 Å². The van der Waals surface area contributed by atoms with Gasteiger partial charge in [0.2, 0.25) is 0 Å².